The van der Waals surface area contributed by atoms with E-state index in [1.807, 2.05) is 17.6 Å². The van der Waals surface area contributed by atoms with Crippen LogP contribution in [-0.4, -0.2) is 53.3 Å². The standard InChI is InChI=1S/C24H25FN4S.ClH/c1-28-12-13-29(15-20(28)11-8-17-6-9-19(25)10-7-17)24-23-22(30-16-26-23)14-18-4-2-3-5-21(18)27-24;/h2-7,9-10,16,20H,8,11-15H2,1H3;1H. The summed E-state index contributed by atoms with van der Waals surface area (Å²) in [6, 6.07) is 15.7. The van der Waals surface area contributed by atoms with Gasteiger partial charge in [0.15, 0.2) is 5.84 Å². The number of likely N-dealkylation sites (N-methyl/N-ethyl adjacent to an activating group) is 1. The molecule has 3 heterocycles. The molecule has 1 saturated heterocycles. The fourth-order valence-electron chi connectivity index (χ4n) is 4.34. The average Bonchev–Trinajstić information content (AvgIpc) is 3.15. The van der Waals surface area contributed by atoms with Crippen molar-refractivity contribution in [3.63, 3.8) is 0 Å². The first-order valence-corrected chi connectivity index (χ1v) is 11.3. The van der Waals surface area contributed by atoms with Crippen LogP contribution in [0.2, 0.25) is 0 Å². The Kier molecular flexibility index (Phi) is 6.70. The van der Waals surface area contributed by atoms with Gasteiger partial charge in [0, 0.05) is 37.0 Å². The number of benzene rings is 2. The number of thiazole rings is 1. The Morgan fingerprint density at radius 1 is 1.10 bits per heavy atom. The number of aromatic nitrogens is 1. The summed E-state index contributed by atoms with van der Waals surface area (Å²) in [5.41, 5.74) is 6.48. The topological polar surface area (TPSA) is 31.7 Å². The summed E-state index contributed by atoms with van der Waals surface area (Å²) in [5.74, 6) is 0.835. The quantitative estimate of drug-likeness (QED) is 0.559. The summed E-state index contributed by atoms with van der Waals surface area (Å²) < 4.78 is 13.2. The molecule has 0 bridgehead atoms. The number of fused-ring (bicyclic) bond motifs is 2. The molecule has 0 saturated carbocycles. The van der Waals surface area contributed by atoms with Gasteiger partial charge < -0.3 is 4.90 Å². The number of rotatable bonds is 3. The number of hydrogen-bond acceptors (Lipinski definition) is 5. The smallest absolute Gasteiger partial charge is 0.156 e. The molecule has 1 fully saturated rings. The van der Waals surface area contributed by atoms with Crippen LogP contribution in [0.4, 0.5) is 10.1 Å². The van der Waals surface area contributed by atoms with E-state index in [-0.39, 0.29) is 18.2 Å². The van der Waals surface area contributed by atoms with E-state index in [1.165, 1.54) is 16.0 Å². The van der Waals surface area contributed by atoms with Crippen molar-refractivity contribution >= 4 is 35.3 Å². The van der Waals surface area contributed by atoms with Gasteiger partial charge in [0.1, 0.15) is 11.5 Å². The van der Waals surface area contributed by atoms with Gasteiger partial charge >= 0.3 is 0 Å². The van der Waals surface area contributed by atoms with Crippen LogP contribution >= 0.6 is 23.7 Å². The number of piperazine rings is 1. The van der Waals surface area contributed by atoms with Crippen molar-refractivity contribution in [3.05, 3.63) is 81.6 Å². The van der Waals surface area contributed by atoms with Crippen LogP contribution in [0.1, 0.15) is 28.1 Å². The van der Waals surface area contributed by atoms with Gasteiger partial charge in [-0.25, -0.2) is 14.4 Å². The third kappa shape index (κ3) is 4.66. The van der Waals surface area contributed by atoms with Crippen LogP contribution < -0.4 is 0 Å². The van der Waals surface area contributed by atoms with E-state index < -0.39 is 0 Å². The lowest BCUT2D eigenvalue weighted by Gasteiger charge is -2.40. The maximum absolute atomic E-state index is 13.2. The maximum atomic E-state index is 13.2. The average molecular weight is 457 g/mol. The van der Waals surface area contributed by atoms with Crippen molar-refractivity contribution in [1.29, 1.82) is 0 Å². The molecule has 0 N–H and O–H groups in total. The summed E-state index contributed by atoms with van der Waals surface area (Å²) in [4.78, 5) is 15.9. The highest BCUT2D eigenvalue weighted by Crippen LogP contribution is 2.31. The zero-order valence-corrected chi connectivity index (χ0v) is 19.1. The number of hydrogen-bond donors (Lipinski definition) is 0. The van der Waals surface area contributed by atoms with Gasteiger partial charge in [-0.3, -0.25) is 4.90 Å². The minimum atomic E-state index is -0.176. The monoisotopic (exact) mass is 456 g/mol. The highest BCUT2D eigenvalue weighted by atomic mass is 35.5. The van der Waals surface area contributed by atoms with Crippen LogP contribution in [0.5, 0.6) is 0 Å². The van der Waals surface area contributed by atoms with E-state index >= 15 is 0 Å². The number of amidine groups is 1. The van der Waals surface area contributed by atoms with Gasteiger partial charge in [-0.2, -0.15) is 0 Å². The number of halogens is 2. The fourth-order valence-corrected chi connectivity index (χ4v) is 5.12. The van der Waals surface area contributed by atoms with E-state index in [4.69, 9.17) is 9.98 Å². The van der Waals surface area contributed by atoms with Gasteiger partial charge in [-0.15, -0.1) is 23.7 Å². The van der Waals surface area contributed by atoms with Crippen LogP contribution in [0.3, 0.4) is 0 Å². The van der Waals surface area contributed by atoms with Crippen LogP contribution in [-0.2, 0) is 12.8 Å². The van der Waals surface area contributed by atoms with Crippen molar-refractivity contribution in [1.82, 2.24) is 14.8 Å². The Balaban J connectivity index is 0.00000231. The van der Waals surface area contributed by atoms with Crippen molar-refractivity contribution < 1.29 is 4.39 Å². The Morgan fingerprint density at radius 3 is 2.74 bits per heavy atom. The molecule has 0 radical (unpaired) electrons. The second-order valence-corrected chi connectivity index (χ2v) is 9.05. The van der Waals surface area contributed by atoms with E-state index in [0.717, 1.165) is 56.1 Å². The summed E-state index contributed by atoms with van der Waals surface area (Å²) >= 11 is 1.72. The molecule has 31 heavy (non-hydrogen) atoms. The zero-order valence-electron chi connectivity index (χ0n) is 17.5. The Labute approximate surface area is 192 Å². The van der Waals surface area contributed by atoms with Crippen LogP contribution in [0.25, 0.3) is 0 Å². The lowest BCUT2D eigenvalue weighted by Crippen LogP contribution is -2.53. The van der Waals surface area contributed by atoms with Crippen LogP contribution in [0, 0.1) is 5.82 Å². The Bertz CT molecular complexity index is 1070. The second-order valence-electron chi connectivity index (χ2n) is 8.11. The number of nitrogens with zero attached hydrogens (tertiary/aromatic N) is 4. The van der Waals surface area contributed by atoms with E-state index in [2.05, 4.69) is 41.1 Å². The zero-order chi connectivity index (χ0) is 20.5. The second kappa shape index (κ2) is 9.47. The molecule has 1 unspecified atom stereocenters. The summed E-state index contributed by atoms with van der Waals surface area (Å²) in [6.07, 6.45) is 2.87. The van der Waals surface area contributed by atoms with Crippen molar-refractivity contribution in [2.24, 2.45) is 4.99 Å². The van der Waals surface area contributed by atoms with Gasteiger partial charge in [0.05, 0.1) is 11.2 Å². The van der Waals surface area contributed by atoms with Crippen LogP contribution in [0.15, 0.2) is 59.0 Å². The molecule has 2 aromatic carbocycles. The third-order valence-electron chi connectivity index (χ3n) is 6.18. The Hall–Kier alpha value is -2.28. The molecule has 1 atom stereocenters. The normalized spacial score (nSPS) is 18.5. The number of aryl methyl sites for hydroxylation is 1. The minimum absolute atomic E-state index is 0. The van der Waals surface area contributed by atoms with E-state index in [0.29, 0.717) is 6.04 Å². The first-order chi connectivity index (χ1) is 14.7. The highest BCUT2D eigenvalue weighted by molar-refractivity contribution is 7.10. The van der Waals surface area contributed by atoms with Crippen molar-refractivity contribution in [3.8, 4) is 0 Å². The Morgan fingerprint density at radius 2 is 1.90 bits per heavy atom. The maximum Gasteiger partial charge on any atom is 0.156 e. The predicted octanol–water partition coefficient (Wildman–Crippen LogP) is 4.94. The van der Waals surface area contributed by atoms with Gasteiger partial charge in [0.25, 0.3) is 0 Å². The summed E-state index contributed by atoms with van der Waals surface area (Å²) in [7, 11) is 2.20. The third-order valence-corrected chi connectivity index (χ3v) is 7.01. The summed E-state index contributed by atoms with van der Waals surface area (Å²) in [6.45, 7) is 2.87. The molecule has 0 spiro atoms. The molecular formula is C24H26ClFN4S. The SMILES string of the molecule is CN1CCN(C2=Nc3ccccc3Cc3scnc32)CC1CCc1ccc(F)cc1.Cl. The molecule has 162 valence electrons. The highest BCUT2D eigenvalue weighted by Gasteiger charge is 2.30. The molecule has 0 aliphatic carbocycles. The molecule has 4 nitrogen and oxygen atoms in total. The largest absolute Gasteiger partial charge is 0.352 e. The van der Waals surface area contributed by atoms with Gasteiger partial charge in [-0.05, 0) is 49.2 Å². The summed E-state index contributed by atoms with van der Waals surface area (Å²) in [5, 5.41) is 0. The molecular weight excluding hydrogens is 431 g/mol. The van der Waals surface area contributed by atoms with Gasteiger partial charge in [-0.1, -0.05) is 30.3 Å². The van der Waals surface area contributed by atoms with Crippen molar-refractivity contribution in [2.75, 3.05) is 26.7 Å². The molecule has 7 heteroatoms. The number of para-hydroxylation sites is 1. The molecule has 1 aromatic heterocycles. The lowest BCUT2D eigenvalue weighted by molar-refractivity contribution is 0.134. The molecule has 0 amide bonds. The van der Waals surface area contributed by atoms with E-state index in [1.54, 1.807) is 23.5 Å². The minimum Gasteiger partial charge on any atom is -0.352 e. The lowest BCUT2D eigenvalue weighted by atomic mass is 10.0. The molecule has 3 aromatic rings. The van der Waals surface area contributed by atoms with Gasteiger partial charge in [0.2, 0.25) is 0 Å². The molecule has 2 aliphatic rings. The van der Waals surface area contributed by atoms with Crippen molar-refractivity contribution in [2.45, 2.75) is 25.3 Å². The predicted molar refractivity (Wildman–Crippen MR) is 128 cm³/mol. The van der Waals surface area contributed by atoms with E-state index in [9.17, 15) is 4.39 Å². The molecule has 2 aliphatic heterocycles. The molecule has 5 rings (SSSR count). The number of aliphatic imine (C=N–C) groups is 1. The first kappa shape index (κ1) is 21.9. The first-order valence-electron chi connectivity index (χ1n) is 10.5. The fraction of sp³-hybridized carbons (Fsp3) is 0.333.